The van der Waals surface area contributed by atoms with Gasteiger partial charge in [0.15, 0.2) is 11.5 Å². The Morgan fingerprint density at radius 2 is 1.83 bits per heavy atom. The molecule has 1 atom stereocenters. The third-order valence-electron chi connectivity index (χ3n) is 5.12. The second kappa shape index (κ2) is 7.63. The number of hydrogen-bond acceptors (Lipinski definition) is 6. The number of methoxy groups -OCH3 is 1. The van der Waals surface area contributed by atoms with Crippen LogP contribution in [0.15, 0.2) is 30.3 Å². The quantitative estimate of drug-likeness (QED) is 0.824. The Morgan fingerprint density at radius 3 is 2.48 bits per heavy atom. The maximum Gasteiger partial charge on any atom is 0.246 e. The van der Waals surface area contributed by atoms with Crippen LogP contribution in [0.4, 0.5) is 11.4 Å². The standard InChI is InChI=1S/C21H23N3O5/c1-12(25)22-14-4-6-15(7-5-14)23-21(26)18-17-13(8-9-24(18)2)10-16-19(20(17)27-3)29-11-28-16/h4-7,10,18H,8-9,11H2,1-3H3,(H,22,25)(H,23,26)/t18-/m0/s1. The average molecular weight is 397 g/mol. The van der Waals surface area contributed by atoms with Crippen molar-refractivity contribution in [2.24, 2.45) is 0 Å². The van der Waals surface area contributed by atoms with Gasteiger partial charge in [-0.3, -0.25) is 14.5 Å². The highest BCUT2D eigenvalue weighted by molar-refractivity contribution is 5.97. The number of carbonyl (C=O) groups excluding carboxylic acids is 2. The number of benzene rings is 2. The van der Waals surface area contributed by atoms with E-state index >= 15 is 0 Å². The summed E-state index contributed by atoms with van der Waals surface area (Å²) in [7, 11) is 3.49. The van der Waals surface area contributed by atoms with Crippen LogP contribution in [0.2, 0.25) is 0 Å². The zero-order valence-corrected chi connectivity index (χ0v) is 16.6. The number of anilines is 2. The molecule has 0 radical (unpaired) electrons. The van der Waals surface area contributed by atoms with Gasteiger partial charge < -0.3 is 24.8 Å². The molecule has 0 fully saturated rings. The second-order valence-electron chi connectivity index (χ2n) is 7.10. The van der Waals surface area contributed by atoms with Crippen LogP contribution in [0.5, 0.6) is 17.2 Å². The molecular formula is C21H23N3O5. The summed E-state index contributed by atoms with van der Waals surface area (Å²) >= 11 is 0. The molecule has 0 aromatic heterocycles. The van der Waals surface area contributed by atoms with Crippen molar-refractivity contribution < 1.29 is 23.8 Å². The van der Waals surface area contributed by atoms with Crippen molar-refractivity contribution in [1.82, 2.24) is 4.90 Å². The molecule has 2 amide bonds. The smallest absolute Gasteiger partial charge is 0.246 e. The van der Waals surface area contributed by atoms with Gasteiger partial charge >= 0.3 is 0 Å². The molecule has 2 aromatic rings. The summed E-state index contributed by atoms with van der Waals surface area (Å²) in [6.07, 6.45) is 0.786. The van der Waals surface area contributed by atoms with Gasteiger partial charge in [-0.25, -0.2) is 0 Å². The molecular weight excluding hydrogens is 374 g/mol. The normalized spacial score (nSPS) is 17.4. The van der Waals surface area contributed by atoms with E-state index in [9.17, 15) is 9.59 Å². The highest BCUT2D eigenvalue weighted by Gasteiger charge is 2.37. The molecule has 0 bridgehead atoms. The van der Waals surface area contributed by atoms with Crippen molar-refractivity contribution in [2.75, 3.05) is 38.1 Å². The van der Waals surface area contributed by atoms with E-state index in [1.165, 1.54) is 6.92 Å². The van der Waals surface area contributed by atoms with Crippen LogP contribution in [-0.2, 0) is 16.0 Å². The van der Waals surface area contributed by atoms with Gasteiger partial charge in [0, 0.05) is 30.4 Å². The predicted octanol–water partition coefficient (Wildman–Crippen LogP) is 2.55. The van der Waals surface area contributed by atoms with Gasteiger partial charge in [0.05, 0.1) is 7.11 Å². The van der Waals surface area contributed by atoms with Crippen molar-refractivity contribution in [2.45, 2.75) is 19.4 Å². The van der Waals surface area contributed by atoms with E-state index in [0.717, 1.165) is 24.1 Å². The van der Waals surface area contributed by atoms with Crippen molar-refractivity contribution in [1.29, 1.82) is 0 Å². The molecule has 2 aliphatic rings. The Kier molecular flexibility index (Phi) is 5.02. The van der Waals surface area contributed by atoms with E-state index in [0.29, 0.717) is 28.6 Å². The van der Waals surface area contributed by atoms with E-state index in [2.05, 4.69) is 10.6 Å². The third kappa shape index (κ3) is 3.58. The van der Waals surface area contributed by atoms with Crippen LogP contribution < -0.4 is 24.8 Å². The van der Waals surface area contributed by atoms with Crippen LogP contribution in [0, 0.1) is 0 Å². The molecule has 0 unspecified atom stereocenters. The SMILES string of the molecule is COc1c2c(cc3c1[C@@H](C(=O)Nc1ccc(NC(C)=O)cc1)N(C)CC3)OCO2. The lowest BCUT2D eigenvalue weighted by molar-refractivity contribution is -0.121. The summed E-state index contributed by atoms with van der Waals surface area (Å²) in [5.74, 6) is 1.42. The number of likely N-dealkylation sites (N-methyl/N-ethyl adjacent to an activating group) is 1. The van der Waals surface area contributed by atoms with Gasteiger partial charge in [-0.15, -0.1) is 0 Å². The molecule has 8 heteroatoms. The fourth-order valence-corrected chi connectivity index (χ4v) is 3.81. The van der Waals surface area contributed by atoms with E-state index < -0.39 is 6.04 Å². The van der Waals surface area contributed by atoms with Crippen molar-refractivity contribution in [3.8, 4) is 17.2 Å². The summed E-state index contributed by atoms with van der Waals surface area (Å²) in [6, 6.07) is 8.41. The fraction of sp³-hybridized carbons (Fsp3) is 0.333. The number of fused-ring (bicyclic) bond motifs is 2. The maximum absolute atomic E-state index is 13.2. The lowest BCUT2D eigenvalue weighted by atomic mass is 9.90. The van der Waals surface area contributed by atoms with Gasteiger partial charge in [-0.05, 0) is 49.4 Å². The van der Waals surface area contributed by atoms with Crippen molar-refractivity contribution in [3.05, 3.63) is 41.5 Å². The first kappa shape index (κ1) is 19.1. The van der Waals surface area contributed by atoms with Crippen LogP contribution in [-0.4, -0.2) is 44.2 Å². The minimum Gasteiger partial charge on any atom is -0.492 e. The Labute approximate surface area is 168 Å². The first-order chi connectivity index (χ1) is 14.0. The Morgan fingerprint density at radius 1 is 1.14 bits per heavy atom. The summed E-state index contributed by atoms with van der Waals surface area (Å²) in [5, 5.41) is 5.67. The number of carbonyl (C=O) groups is 2. The molecule has 2 N–H and O–H groups in total. The molecule has 0 saturated carbocycles. The lowest BCUT2D eigenvalue weighted by Crippen LogP contribution is -2.39. The zero-order chi connectivity index (χ0) is 20.5. The molecule has 0 aliphatic carbocycles. The number of nitrogens with one attached hydrogen (secondary N) is 2. The summed E-state index contributed by atoms with van der Waals surface area (Å²) in [4.78, 5) is 26.4. The first-order valence-corrected chi connectivity index (χ1v) is 9.36. The molecule has 8 nitrogen and oxygen atoms in total. The number of hydrogen-bond donors (Lipinski definition) is 2. The molecule has 2 aliphatic heterocycles. The topological polar surface area (TPSA) is 89.1 Å². The molecule has 29 heavy (non-hydrogen) atoms. The molecule has 2 heterocycles. The van der Waals surface area contributed by atoms with Gasteiger partial charge in [0.2, 0.25) is 24.4 Å². The maximum atomic E-state index is 13.2. The van der Waals surface area contributed by atoms with Crippen LogP contribution >= 0.6 is 0 Å². The van der Waals surface area contributed by atoms with Crippen LogP contribution in [0.3, 0.4) is 0 Å². The number of nitrogens with zero attached hydrogens (tertiary/aromatic N) is 1. The van der Waals surface area contributed by atoms with Crippen LogP contribution in [0.25, 0.3) is 0 Å². The Hall–Kier alpha value is -3.26. The summed E-state index contributed by atoms with van der Waals surface area (Å²) in [5.41, 5.74) is 3.14. The van der Waals surface area contributed by atoms with Gasteiger partial charge in [-0.2, -0.15) is 0 Å². The highest BCUT2D eigenvalue weighted by Crippen LogP contribution is 2.49. The first-order valence-electron chi connectivity index (χ1n) is 9.36. The van der Waals surface area contributed by atoms with Gasteiger partial charge in [-0.1, -0.05) is 0 Å². The van der Waals surface area contributed by atoms with E-state index in [-0.39, 0.29) is 18.6 Å². The number of ether oxygens (including phenoxy) is 3. The molecule has 2 aromatic carbocycles. The van der Waals surface area contributed by atoms with E-state index in [1.54, 1.807) is 31.4 Å². The van der Waals surface area contributed by atoms with Crippen molar-refractivity contribution >= 4 is 23.2 Å². The predicted molar refractivity (Wildman–Crippen MR) is 108 cm³/mol. The highest BCUT2D eigenvalue weighted by atomic mass is 16.7. The van der Waals surface area contributed by atoms with E-state index in [4.69, 9.17) is 14.2 Å². The monoisotopic (exact) mass is 397 g/mol. The molecule has 0 spiro atoms. The fourth-order valence-electron chi connectivity index (χ4n) is 3.81. The molecule has 0 saturated heterocycles. The minimum absolute atomic E-state index is 0.141. The second-order valence-corrected chi connectivity index (χ2v) is 7.10. The number of rotatable bonds is 4. The third-order valence-corrected chi connectivity index (χ3v) is 5.12. The Bertz CT molecular complexity index is 958. The molecule has 152 valence electrons. The lowest BCUT2D eigenvalue weighted by Gasteiger charge is -2.34. The summed E-state index contributed by atoms with van der Waals surface area (Å²) < 4.78 is 16.7. The van der Waals surface area contributed by atoms with Gasteiger partial charge in [0.25, 0.3) is 0 Å². The molecule has 4 rings (SSSR count). The zero-order valence-electron chi connectivity index (χ0n) is 16.6. The summed E-state index contributed by atoms with van der Waals surface area (Å²) in [6.45, 7) is 2.32. The largest absolute Gasteiger partial charge is 0.492 e. The van der Waals surface area contributed by atoms with Gasteiger partial charge in [0.1, 0.15) is 6.04 Å². The van der Waals surface area contributed by atoms with Crippen LogP contribution in [0.1, 0.15) is 24.1 Å². The Balaban J connectivity index is 1.63. The van der Waals surface area contributed by atoms with E-state index in [1.807, 2.05) is 18.0 Å². The van der Waals surface area contributed by atoms with Crippen molar-refractivity contribution in [3.63, 3.8) is 0 Å². The minimum atomic E-state index is -0.529. The average Bonchev–Trinajstić information content (AvgIpc) is 3.15. The number of amides is 2.